The van der Waals surface area contributed by atoms with Crippen molar-refractivity contribution >= 4 is 15.9 Å². The van der Waals surface area contributed by atoms with E-state index >= 15 is 0 Å². The van der Waals surface area contributed by atoms with Crippen LogP contribution in [0, 0.1) is 11.6 Å². The number of hydrogen-bond donors (Lipinski definition) is 0. The van der Waals surface area contributed by atoms with Gasteiger partial charge in [0.1, 0.15) is 17.4 Å². The van der Waals surface area contributed by atoms with Crippen LogP contribution in [-0.2, 0) is 6.42 Å². The molecule has 1 unspecified atom stereocenters. The SMILES string of the molecule is Fc1cccc(F)c1C(Br)c1ccc2c(c1)CCCO2. The summed E-state index contributed by atoms with van der Waals surface area (Å²) in [5.41, 5.74) is 1.97. The molecule has 0 bridgehead atoms. The smallest absolute Gasteiger partial charge is 0.130 e. The van der Waals surface area contributed by atoms with Crippen LogP contribution in [0.4, 0.5) is 8.78 Å². The van der Waals surface area contributed by atoms with E-state index in [2.05, 4.69) is 15.9 Å². The van der Waals surface area contributed by atoms with Crippen LogP contribution in [0.5, 0.6) is 5.75 Å². The monoisotopic (exact) mass is 338 g/mol. The third-order valence-electron chi connectivity index (χ3n) is 3.48. The van der Waals surface area contributed by atoms with Crippen LogP contribution < -0.4 is 4.74 Å². The van der Waals surface area contributed by atoms with Crippen LogP contribution in [0.2, 0.25) is 0 Å². The second-order valence-electron chi connectivity index (χ2n) is 4.82. The lowest BCUT2D eigenvalue weighted by molar-refractivity contribution is 0.288. The van der Waals surface area contributed by atoms with Gasteiger partial charge in [0.25, 0.3) is 0 Å². The van der Waals surface area contributed by atoms with Crippen molar-refractivity contribution in [3.8, 4) is 5.75 Å². The first-order chi connectivity index (χ1) is 9.66. The van der Waals surface area contributed by atoms with Crippen molar-refractivity contribution in [3.63, 3.8) is 0 Å². The van der Waals surface area contributed by atoms with Crippen LogP contribution in [0.1, 0.15) is 27.9 Å². The maximum atomic E-state index is 13.8. The van der Waals surface area contributed by atoms with Crippen LogP contribution in [0.3, 0.4) is 0 Å². The van der Waals surface area contributed by atoms with E-state index in [0.29, 0.717) is 0 Å². The molecule has 0 fully saturated rings. The summed E-state index contributed by atoms with van der Waals surface area (Å²) in [6, 6.07) is 9.59. The quantitative estimate of drug-likeness (QED) is 0.716. The number of aryl methyl sites for hydroxylation is 1. The molecule has 0 saturated heterocycles. The van der Waals surface area contributed by atoms with Crippen LogP contribution in [0.15, 0.2) is 36.4 Å². The molecule has 1 aliphatic rings. The van der Waals surface area contributed by atoms with Gasteiger partial charge in [0.15, 0.2) is 0 Å². The molecular weight excluding hydrogens is 326 g/mol. The van der Waals surface area contributed by atoms with Gasteiger partial charge in [0, 0.05) is 5.56 Å². The molecule has 3 rings (SSSR count). The summed E-state index contributed by atoms with van der Waals surface area (Å²) in [6.07, 6.45) is 1.90. The fraction of sp³-hybridized carbons (Fsp3) is 0.250. The number of fused-ring (bicyclic) bond motifs is 1. The molecule has 0 radical (unpaired) electrons. The van der Waals surface area contributed by atoms with Gasteiger partial charge in [-0.1, -0.05) is 34.1 Å². The number of rotatable bonds is 2. The summed E-state index contributed by atoms with van der Waals surface area (Å²) in [4.78, 5) is -0.504. The fourth-order valence-corrected chi connectivity index (χ4v) is 3.18. The number of hydrogen-bond acceptors (Lipinski definition) is 1. The summed E-state index contributed by atoms with van der Waals surface area (Å²) in [5.74, 6) is -0.213. The van der Waals surface area contributed by atoms with Crippen molar-refractivity contribution in [2.24, 2.45) is 0 Å². The maximum Gasteiger partial charge on any atom is 0.130 e. The highest BCUT2D eigenvalue weighted by Gasteiger charge is 2.21. The Balaban J connectivity index is 2.00. The molecule has 1 atom stereocenters. The third kappa shape index (κ3) is 2.44. The molecule has 1 nitrogen and oxygen atoms in total. The topological polar surface area (TPSA) is 9.23 Å². The Labute approximate surface area is 124 Å². The minimum absolute atomic E-state index is 0.0455. The summed E-state index contributed by atoms with van der Waals surface area (Å²) in [6.45, 7) is 0.728. The summed E-state index contributed by atoms with van der Waals surface area (Å²) in [7, 11) is 0. The van der Waals surface area contributed by atoms with Gasteiger partial charge < -0.3 is 4.74 Å². The first-order valence-electron chi connectivity index (χ1n) is 6.50. The van der Waals surface area contributed by atoms with E-state index in [0.717, 1.165) is 36.3 Å². The molecule has 4 heteroatoms. The van der Waals surface area contributed by atoms with Gasteiger partial charge in [0.2, 0.25) is 0 Å². The number of halogens is 3. The second-order valence-corrected chi connectivity index (χ2v) is 5.73. The molecule has 2 aromatic rings. The molecule has 104 valence electrons. The summed E-state index contributed by atoms with van der Waals surface area (Å²) >= 11 is 3.40. The molecule has 0 N–H and O–H groups in total. The number of benzene rings is 2. The molecule has 2 aromatic carbocycles. The van der Waals surface area contributed by atoms with Crippen molar-refractivity contribution in [1.82, 2.24) is 0 Å². The van der Waals surface area contributed by atoms with Crippen LogP contribution in [0.25, 0.3) is 0 Å². The van der Waals surface area contributed by atoms with Crippen molar-refractivity contribution < 1.29 is 13.5 Å². The van der Waals surface area contributed by atoms with E-state index in [4.69, 9.17) is 4.74 Å². The predicted molar refractivity (Wildman–Crippen MR) is 77.4 cm³/mol. The highest BCUT2D eigenvalue weighted by molar-refractivity contribution is 9.09. The number of alkyl halides is 1. The maximum absolute atomic E-state index is 13.8. The minimum atomic E-state index is -0.541. The molecule has 1 heterocycles. The van der Waals surface area contributed by atoms with Gasteiger partial charge >= 0.3 is 0 Å². The van der Waals surface area contributed by atoms with E-state index in [1.54, 1.807) is 0 Å². The van der Waals surface area contributed by atoms with Crippen molar-refractivity contribution in [2.45, 2.75) is 17.7 Å². The van der Waals surface area contributed by atoms with Gasteiger partial charge in [-0.2, -0.15) is 0 Å². The zero-order valence-electron chi connectivity index (χ0n) is 10.7. The zero-order chi connectivity index (χ0) is 14.1. The van der Waals surface area contributed by atoms with Gasteiger partial charge in [0.05, 0.1) is 11.4 Å². The lowest BCUT2D eigenvalue weighted by atomic mass is 9.98. The van der Waals surface area contributed by atoms with Crippen molar-refractivity contribution in [2.75, 3.05) is 6.61 Å². The lowest BCUT2D eigenvalue weighted by Gasteiger charge is -2.20. The van der Waals surface area contributed by atoms with Crippen molar-refractivity contribution in [3.05, 3.63) is 64.7 Å². The second kappa shape index (κ2) is 5.52. The van der Waals surface area contributed by atoms with E-state index in [1.807, 2.05) is 18.2 Å². The Hall–Kier alpha value is -1.42. The first-order valence-corrected chi connectivity index (χ1v) is 7.42. The molecule has 0 aliphatic carbocycles. The molecular formula is C16H13BrF2O. The van der Waals surface area contributed by atoms with E-state index < -0.39 is 16.5 Å². The van der Waals surface area contributed by atoms with Gasteiger partial charge in [-0.05, 0) is 42.2 Å². The lowest BCUT2D eigenvalue weighted by Crippen LogP contribution is -2.09. The molecule has 0 spiro atoms. The van der Waals surface area contributed by atoms with Gasteiger partial charge in [-0.15, -0.1) is 0 Å². The average Bonchev–Trinajstić information content (AvgIpc) is 2.46. The molecule has 0 saturated carbocycles. The van der Waals surface area contributed by atoms with Crippen LogP contribution >= 0.6 is 15.9 Å². The fourth-order valence-electron chi connectivity index (χ4n) is 2.46. The normalized spacial score (nSPS) is 15.3. The van der Waals surface area contributed by atoms with Gasteiger partial charge in [-0.25, -0.2) is 8.78 Å². The van der Waals surface area contributed by atoms with Crippen molar-refractivity contribution in [1.29, 1.82) is 0 Å². The van der Waals surface area contributed by atoms with Gasteiger partial charge in [-0.3, -0.25) is 0 Å². The largest absolute Gasteiger partial charge is 0.493 e. The molecule has 0 amide bonds. The summed E-state index contributed by atoms with van der Waals surface area (Å²) in [5, 5.41) is 0. The highest BCUT2D eigenvalue weighted by Crippen LogP contribution is 2.37. The molecule has 1 aliphatic heterocycles. The Bertz CT molecular complexity index is 622. The highest BCUT2D eigenvalue weighted by atomic mass is 79.9. The minimum Gasteiger partial charge on any atom is -0.493 e. The van der Waals surface area contributed by atoms with E-state index in [9.17, 15) is 8.78 Å². The standard InChI is InChI=1S/C16H13BrF2O/c17-16(15-12(18)4-1-5-13(15)19)11-6-7-14-10(9-11)3-2-8-20-14/h1,4-7,9,16H,2-3,8H2. The average molecular weight is 339 g/mol. The summed E-state index contributed by atoms with van der Waals surface area (Å²) < 4.78 is 33.2. The predicted octanol–water partition coefficient (Wildman–Crippen LogP) is 4.77. The Morgan fingerprint density at radius 1 is 1.10 bits per heavy atom. The molecule has 20 heavy (non-hydrogen) atoms. The molecule has 0 aromatic heterocycles. The Morgan fingerprint density at radius 3 is 2.60 bits per heavy atom. The number of ether oxygens (including phenoxy) is 1. The first kappa shape index (κ1) is 13.6. The van der Waals surface area contributed by atoms with E-state index in [1.165, 1.54) is 18.2 Å². The Morgan fingerprint density at radius 2 is 1.85 bits per heavy atom. The third-order valence-corrected chi connectivity index (χ3v) is 4.46. The Kier molecular flexibility index (Phi) is 3.74. The zero-order valence-corrected chi connectivity index (χ0v) is 12.3. The van der Waals surface area contributed by atoms with Crippen LogP contribution in [-0.4, -0.2) is 6.61 Å². The van der Waals surface area contributed by atoms with E-state index in [-0.39, 0.29) is 5.56 Å².